The van der Waals surface area contributed by atoms with Crippen molar-refractivity contribution in [3.8, 4) is 11.3 Å². The molecule has 1 aliphatic heterocycles. The standard InChI is InChI=1S/C36H38ClN3O.C2H6/c1-24(2)36(41)38-30-12-6-9-27(23-30)25-17-20-40(21-18-25)19-7-14-32-33-16-15-26-8-3-4-13-31(26)35(33)39-34(32)28-10-5-11-29(37)22-28;1-2/h3-6,8-13,15-16,22-25,39H,7,14,17-21H2,1-2H3,(H,38,41);1-2H3. The number of halogens is 1. The summed E-state index contributed by atoms with van der Waals surface area (Å²) in [5.41, 5.74) is 7.15. The van der Waals surface area contributed by atoms with E-state index in [9.17, 15) is 4.79 Å². The normalized spacial score (nSPS) is 14.2. The Morgan fingerprint density at radius 1 is 0.930 bits per heavy atom. The van der Waals surface area contributed by atoms with Gasteiger partial charge in [-0.3, -0.25) is 4.79 Å². The number of rotatable bonds is 8. The number of piperidine rings is 1. The summed E-state index contributed by atoms with van der Waals surface area (Å²) in [6.45, 7) is 11.1. The number of carbonyl (C=O) groups is 1. The molecule has 1 fully saturated rings. The summed E-state index contributed by atoms with van der Waals surface area (Å²) in [5.74, 6) is 0.587. The minimum Gasteiger partial charge on any atom is -0.354 e. The fraction of sp³-hybridized carbons (Fsp3) is 0.342. The zero-order chi connectivity index (χ0) is 30.3. The van der Waals surface area contributed by atoms with Crippen molar-refractivity contribution in [1.82, 2.24) is 9.88 Å². The van der Waals surface area contributed by atoms with Crippen molar-refractivity contribution in [2.24, 2.45) is 5.92 Å². The molecule has 0 saturated carbocycles. The van der Waals surface area contributed by atoms with Crippen LogP contribution in [-0.2, 0) is 11.2 Å². The number of hydrogen-bond acceptors (Lipinski definition) is 2. The van der Waals surface area contributed by atoms with Gasteiger partial charge in [-0.2, -0.15) is 0 Å². The van der Waals surface area contributed by atoms with Crippen molar-refractivity contribution in [1.29, 1.82) is 0 Å². The van der Waals surface area contributed by atoms with Gasteiger partial charge in [0, 0.05) is 33.1 Å². The number of nitrogens with zero attached hydrogens (tertiary/aromatic N) is 1. The number of nitrogens with one attached hydrogen (secondary N) is 2. The molecule has 0 atom stereocenters. The van der Waals surface area contributed by atoms with Crippen LogP contribution >= 0.6 is 11.6 Å². The minimum absolute atomic E-state index is 0.0212. The second-order valence-electron chi connectivity index (χ2n) is 11.7. The van der Waals surface area contributed by atoms with Gasteiger partial charge in [0.2, 0.25) is 5.91 Å². The third-order valence-corrected chi connectivity index (χ3v) is 8.79. The first-order chi connectivity index (χ1) is 21.0. The lowest BCUT2D eigenvalue weighted by atomic mass is 9.89. The fourth-order valence-corrected chi connectivity index (χ4v) is 6.46. The third kappa shape index (κ3) is 7.14. The lowest BCUT2D eigenvalue weighted by Gasteiger charge is -2.32. The summed E-state index contributed by atoms with van der Waals surface area (Å²) in [6, 6.07) is 29.7. The van der Waals surface area contributed by atoms with Crippen LogP contribution in [0.4, 0.5) is 5.69 Å². The highest BCUT2D eigenvalue weighted by Crippen LogP contribution is 2.36. The maximum Gasteiger partial charge on any atom is 0.226 e. The molecule has 0 bridgehead atoms. The van der Waals surface area contributed by atoms with Gasteiger partial charge in [0.1, 0.15) is 0 Å². The Hall–Kier alpha value is -3.60. The molecule has 4 nitrogen and oxygen atoms in total. The molecule has 6 rings (SSSR count). The van der Waals surface area contributed by atoms with E-state index in [1.165, 1.54) is 38.5 Å². The molecule has 1 amide bonds. The van der Waals surface area contributed by atoms with Crippen LogP contribution in [0.15, 0.2) is 84.9 Å². The number of aromatic nitrogens is 1. The molecule has 5 aromatic rings. The number of aromatic amines is 1. The molecule has 1 aromatic heterocycles. The fourth-order valence-electron chi connectivity index (χ4n) is 6.27. The molecule has 2 heterocycles. The van der Waals surface area contributed by atoms with Crippen LogP contribution in [0.1, 0.15) is 64.0 Å². The van der Waals surface area contributed by atoms with Crippen molar-refractivity contribution in [2.75, 3.05) is 25.0 Å². The molecule has 5 heteroatoms. The number of hydrogen-bond donors (Lipinski definition) is 2. The molecule has 1 aliphatic rings. The summed E-state index contributed by atoms with van der Waals surface area (Å²) < 4.78 is 0. The van der Waals surface area contributed by atoms with E-state index in [0.717, 1.165) is 61.6 Å². The monoisotopic (exact) mass is 593 g/mol. The Balaban J connectivity index is 0.00000180. The van der Waals surface area contributed by atoms with Crippen LogP contribution in [0, 0.1) is 5.92 Å². The molecule has 4 aromatic carbocycles. The lowest BCUT2D eigenvalue weighted by Crippen LogP contribution is -2.33. The van der Waals surface area contributed by atoms with Gasteiger partial charge in [0.05, 0.1) is 5.52 Å². The largest absolute Gasteiger partial charge is 0.354 e. The second kappa shape index (κ2) is 14.2. The number of fused-ring (bicyclic) bond motifs is 3. The maximum atomic E-state index is 12.1. The van der Waals surface area contributed by atoms with Gasteiger partial charge in [0.15, 0.2) is 0 Å². The quantitative estimate of drug-likeness (QED) is 0.188. The molecular weight excluding hydrogens is 550 g/mol. The minimum atomic E-state index is -0.0212. The van der Waals surface area contributed by atoms with Crippen molar-refractivity contribution in [3.63, 3.8) is 0 Å². The molecular formula is C38H44ClN3O. The van der Waals surface area contributed by atoms with Gasteiger partial charge in [-0.25, -0.2) is 0 Å². The van der Waals surface area contributed by atoms with E-state index in [-0.39, 0.29) is 11.8 Å². The van der Waals surface area contributed by atoms with Gasteiger partial charge in [0.25, 0.3) is 0 Å². The number of carbonyl (C=O) groups excluding carboxylic acids is 1. The van der Waals surface area contributed by atoms with Crippen LogP contribution in [0.25, 0.3) is 32.9 Å². The van der Waals surface area contributed by atoms with Gasteiger partial charge in [-0.15, -0.1) is 0 Å². The first kappa shape index (κ1) is 30.8. The van der Waals surface area contributed by atoms with Crippen LogP contribution in [0.5, 0.6) is 0 Å². The summed E-state index contributed by atoms with van der Waals surface area (Å²) in [4.78, 5) is 18.6. The summed E-state index contributed by atoms with van der Waals surface area (Å²) in [6.07, 6.45) is 4.41. The zero-order valence-electron chi connectivity index (χ0n) is 25.9. The molecule has 0 aliphatic carbocycles. The van der Waals surface area contributed by atoms with E-state index in [0.29, 0.717) is 5.92 Å². The molecule has 0 spiro atoms. The van der Waals surface area contributed by atoms with Crippen LogP contribution in [-0.4, -0.2) is 35.4 Å². The van der Waals surface area contributed by atoms with E-state index in [2.05, 4.69) is 81.9 Å². The Morgan fingerprint density at radius 3 is 2.47 bits per heavy atom. The average Bonchev–Trinajstić information content (AvgIpc) is 3.41. The predicted octanol–water partition coefficient (Wildman–Crippen LogP) is 10.1. The van der Waals surface area contributed by atoms with Crippen LogP contribution in [0.3, 0.4) is 0 Å². The molecule has 0 radical (unpaired) electrons. The number of H-pyrrole nitrogens is 1. The van der Waals surface area contributed by atoms with Crippen molar-refractivity contribution >= 4 is 44.9 Å². The number of amides is 1. The summed E-state index contributed by atoms with van der Waals surface area (Å²) >= 11 is 6.41. The number of aryl methyl sites for hydroxylation is 1. The highest BCUT2D eigenvalue weighted by Gasteiger charge is 2.22. The number of benzene rings is 4. The summed E-state index contributed by atoms with van der Waals surface area (Å²) in [5, 5.41) is 7.63. The van der Waals surface area contributed by atoms with Gasteiger partial charge in [-0.1, -0.05) is 100.0 Å². The second-order valence-corrected chi connectivity index (χ2v) is 12.1. The van der Waals surface area contributed by atoms with Gasteiger partial charge in [-0.05, 0) is 97.6 Å². The Bertz CT molecular complexity index is 1680. The molecule has 0 unspecified atom stereocenters. The first-order valence-corrected chi connectivity index (χ1v) is 16.3. The van der Waals surface area contributed by atoms with E-state index in [4.69, 9.17) is 11.6 Å². The van der Waals surface area contributed by atoms with Crippen molar-refractivity contribution in [2.45, 2.75) is 59.3 Å². The van der Waals surface area contributed by atoms with E-state index in [1.54, 1.807) is 0 Å². The average molecular weight is 594 g/mol. The number of anilines is 1. The van der Waals surface area contributed by atoms with Gasteiger partial charge >= 0.3 is 0 Å². The Kier molecular flexibility index (Phi) is 10.2. The van der Waals surface area contributed by atoms with Crippen LogP contribution < -0.4 is 5.32 Å². The van der Waals surface area contributed by atoms with Crippen LogP contribution in [0.2, 0.25) is 5.02 Å². The smallest absolute Gasteiger partial charge is 0.226 e. The first-order valence-electron chi connectivity index (χ1n) is 15.9. The molecule has 1 saturated heterocycles. The maximum absolute atomic E-state index is 12.1. The van der Waals surface area contributed by atoms with Crippen molar-refractivity contribution in [3.05, 3.63) is 101 Å². The molecule has 2 N–H and O–H groups in total. The third-order valence-electron chi connectivity index (χ3n) is 8.56. The molecule has 43 heavy (non-hydrogen) atoms. The summed E-state index contributed by atoms with van der Waals surface area (Å²) in [7, 11) is 0. The topological polar surface area (TPSA) is 48.1 Å². The lowest BCUT2D eigenvalue weighted by molar-refractivity contribution is -0.118. The van der Waals surface area contributed by atoms with Gasteiger partial charge < -0.3 is 15.2 Å². The van der Waals surface area contributed by atoms with E-state index >= 15 is 0 Å². The highest BCUT2D eigenvalue weighted by atomic mass is 35.5. The van der Waals surface area contributed by atoms with Crippen molar-refractivity contribution < 1.29 is 4.79 Å². The SMILES string of the molecule is CC.CC(C)C(=O)Nc1cccc(C2CCN(CCCc3c(-c4cccc(Cl)c4)[nH]c4c3ccc3ccccc34)CC2)c1. The van der Waals surface area contributed by atoms with E-state index < -0.39 is 0 Å². The van der Waals surface area contributed by atoms with E-state index in [1.807, 2.05) is 45.9 Å². The zero-order valence-corrected chi connectivity index (χ0v) is 26.7. The number of likely N-dealkylation sites (tertiary alicyclic amines) is 1. The Morgan fingerprint density at radius 2 is 1.70 bits per heavy atom. The highest BCUT2D eigenvalue weighted by molar-refractivity contribution is 6.30. The Labute approximate surface area is 261 Å². The predicted molar refractivity (Wildman–Crippen MR) is 184 cm³/mol. The molecule has 224 valence electrons.